The van der Waals surface area contributed by atoms with Crippen molar-refractivity contribution in [3.8, 4) is 17.2 Å². The zero-order valence-electron chi connectivity index (χ0n) is 15.3. The fourth-order valence-electron chi connectivity index (χ4n) is 4.08. The molecule has 3 aromatic rings. The molecule has 142 valence electrons. The lowest BCUT2D eigenvalue weighted by atomic mass is 10.1. The molecule has 0 aliphatic carbocycles. The van der Waals surface area contributed by atoms with Gasteiger partial charge in [-0.25, -0.2) is 0 Å². The molecule has 1 amide bonds. The van der Waals surface area contributed by atoms with Crippen LogP contribution < -0.4 is 19.9 Å². The topological polar surface area (TPSA) is 81.0 Å². The van der Waals surface area contributed by atoms with Crippen molar-refractivity contribution in [3.63, 3.8) is 0 Å². The van der Waals surface area contributed by atoms with Crippen LogP contribution in [0.1, 0.15) is 15.9 Å². The van der Waals surface area contributed by atoms with E-state index in [4.69, 9.17) is 9.47 Å². The van der Waals surface area contributed by atoms with E-state index in [1.54, 1.807) is 17.0 Å². The molecule has 28 heavy (non-hydrogen) atoms. The maximum absolute atomic E-state index is 13.3. The van der Waals surface area contributed by atoms with E-state index in [1.807, 2.05) is 24.3 Å². The van der Waals surface area contributed by atoms with Gasteiger partial charge in [-0.2, -0.15) is 0 Å². The van der Waals surface area contributed by atoms with Crippen molar-refractivity contribution in [1.82, 2.24) is 4.57 Å². The summed E-state index contributed by atoms with van der Waals surface area (Å²) in [4.78, 5) is 28.0. The first kappa shape index (κ1) is 16.7. The van der Waals surface area contributed by atoms with Gasteiger partial charge < -0.3 is 24.0 Å². The second-order valence-electron chi connectivity index (χ2n) is 6.89. The Kier molecular flexibility index (Phi) is 3.58. The van der Waals surface area contributed by atoms with Gasteiger partial charge in [-0.15, -0.1) is 0 Å². The lowest BCUT2D eigenvalue weighted by molar-refractivity contribution is 0.0984. The summed E-state index contributed by atoms with van der Waals surface area (Å²) < 4.78 is 12.4. The van der Waals surface area contributed by atoms with Crippen molar-refractivity contribution < 1.29 is 19.4 Å². The van der Waals surface area contributed by atoms with Gasteiger partial charge in [0.15, 0.2) is 0 Å². The number of carbonyl (C=O) groups is 1. The third kappa shape index (κ3) is 2.22. The van der Waals surface area contributed by atoms with Crippen molar-refractivity contribution in [1.29, 1.82) is 0 Å². The average Bonchev–Trinajstić information content (AvgIpc) is 3.15. The van der Waals surface area contributed by atoms with Crippen LogP contribution in [0.3, 0.4) is 0 Å². The molecule has 0 saturated carbocycles. The number of anilines is 1. The van der Waals surface area contributed by atoms with Gasteiger partial charge in [0.1, 0.15) is 29.4 Å². The highest BCUT2D eigenvalue weighted by atomic mass is 16.5. The number of benzene rings is 2. The number of hydrogen-bond acceptors (Lipinski definition) is 5. The molecule has 0 spiro atoms. The van der Waals surface area contributed by atoms with Gasteiger partial charge >= 0.3 is 0 Å². The fraction of sp³-hybridized carbons (Fsp3) is 0.238. The number of fused-ring (bicyclic) bond motifs is 1. The second kappa shape index (κ2) is 6.02. The summed E-state index contributed by atoms with van der Waals surface area (Å²) in [5.41, 5.74) is 1.59. The van der Waals surface area contributed by atoms with E-state index in [0.717, 1.165) is 17.7 Å². The minimum absolute atomic E-state index is 0.217. The van der Waals surface area contributed by atoms with Crippen LogP contribution >= 0.6 is 0 Å². The van der Waals surface area contributed by atoms with Crippen molar-refractivity contribution >= 4 is 22.5 Å². The Bertz CT molecular complexity index is 1200. The summed E-state index contributed by atoms with van der Waals surface area (Å²) in [6.07, 6.45) is 0.719. The maximum atomic E-state index is 13.3. The first-order valence-electron chi connectivity index (χ1n) is 9.10. The highest BCUT2D eigenvalue weighted by Crippen LogP contribution is 2.39. The van der Waals surface area contributed by atoms with Crippen LogP contribution in [-0.4, -0.2) is 35.8 Å². The van der Waals surface area contributed by atoms with Crippen LogP contribution in [-0.2, 0) is 13.0 Å². The standard InChI is InChI=1S/C21H18N2O5/c1-27-13-10-14-18-16(11-13)28-9-8-23(18)21(26)17(19(14)24)20(25)22-7-6-12-4-2-3-5-15(12)22/h2-5,10-11,24H,6-9H2,1H3. The van der Waals surface area contributed by atoms with E-state index in [2.05, 4.69) is 0 Å². The number of para-hydroxylation sites is 1. The lowest BCUT2D eigenvalue weighted by Crippen LogP contribution is -2.37. The number of aromatic nitrogens is 1. The molecule has 0 fully saturated rings. The predicted molar refractivity (Wildman–Crippen MR) is 104 cm³/mol. The molecule has 0 atom stereocenters. The highest BCUT2D eigenvalue weighted by Gasteiger charge is 2.32. The molecule has 3 heterocycles. The number of carbonyl (C=O) groups excluding carboxylic acids is 1. The van der Waals surface area contributed by atoms with E-state index in [9.17, 15) is 14.7 Å². The summed E-state index contributed by atoms with van der Waals surface area (Å²) in [5.74, 6) is 0.110. The van der Waals surface area contributed by atoms with Crippen LogP contribution in [0.2, 0.25) is 0 Å². The van der Waals surface area contributed by atoms with E-state index in [-0.39, 0.29) is 11.3 Å². The number of pyridine rings is 1. The molecule has 2 aromatic carbocycles. The van der Waals surface area contributed by atoms with Gasteiger partial charge in [0.25, 0.3) is 11.5 Å². The first-order valence-corrected chi connectivity index (χ1v) is 9.10. The number of ether oxygens (including phenoxy) is 2. The molecule has 7 heteroatoms. The number of methoxy groups -OCH3 is 1. The van der Waals surface area contributed by atoms with Gasteiger partial charge in [0, 0.05) is 23.7 Å². The van der Waals surface area contributed by atoms with E-state index in [0.29, 0.717) is 42.1 Å². The smallest absolute Gasteiger partial charge is 0.267 e. The molecule has 1 N–H and O–H groups in total. The lowest BCUT2D eigenvalue weighted by Gasteiger charge is -2.24. The summed E-state index contributed by atoms with van der Waals surface area (Å²) in [5, 5.41) is 11.3. The Labute approximate surface area is 160 Å². The Balaban J connectivity index is 1.75. The first-order chi connectivity index (χ1) is 13.6. The number of aromatic hydroxyl groups is 1. The highest BCUT2D eigenvalue weighted by molar-refractivity contribution is 6.11. The molecule has 7 nitrogen and oxygen atoms in total. The summed E-state index contributed by atoms with van der Waals surface area (Å²) in [6.45, 7) is 1.09. The Morgan fingerprint density at radius 1 is 1.21 bits per heavy atom. The zero-order chi connectivity index (χ0) is 19.4. The van der Waals surface area contributed by atoms with Gasteiger partial charge in [-0.05, 0) is 24.1 Å². The Hall–Kier alpha value is -3.48. The van der Waals surface area contributed by atoms with E-state index < -0.39 is 11.5 Å². The Morgan fingerprint density at radius 2 is 2.04 bits per heavy atom. The Morgan fingerprint density at radius 3 is 2.86 bits per heavy atom. The van der Waals surface area contributed by atoms with Gasteiger partial charge in [-0.1, -0.05) is 18.2 Å². The summed E-state index contributed by atoms with van der Waals surface area (Å²) in [7, 11) is 1.51. The van der Waals surface area contributed by atoms with E-state index >= 15 is 0 Å². The van der Waals surface area contributed by atoms with Crippen molar-refractivity contribution in [2.45, 2.75) is 13.0 Å². The van der Waals surface area contributed by atoms with Crippen LogP contribution in [0, 0.1) is 0 Å². The minimum Gasteiger partial charge on any atom is -0.506 e. The third-order valence-corrected chi connectivity index (χ3v) is 5.42. The van der Waals surface area contributed by atoms with Gasteiger partial charge in [-0.3, -0.25) is 9.59 Å². The van der Waals surface area contributed by atoms with Crippen LogP contribution in [0.15, 0.2) is 41.2 Å². The molecule has 0 radical (unpaired) electrons. The normalized spacial score (nSPS) is 14.7. The largest absolute Gasteiger partial charge is 0.506 e. The third-order valence-electron chi connectivity index (χ3n) is 5.42. The predicted octanol–water partition coefficient (Wildman–Crippen LogP) is 2.31. The number of amides is 1. The summed E-state index contributed by atoms with van der Waals surface area (Å²) in [6, 6.07) is 10.9. The molecule has 0 unspecified atom stereocenters. The monoisotopic (exact) mass is 378 g/mol. The number of nitrogens with zero attached hydrogens (tertiary/aromatic N) is 2. The van der Waals surface area contributed by atoms with Crippen molar-refractivity contribution in [2.24, 2.45) is 0 Å². The molecule has 0 bridgehead atoms. The van der Waals surface area contributed by atoms with Crippen LogP contribution in [0.5, 0.6) is 17.2 Å². The number of hydrogen-bond donors (Lipinski definition) is 1. The molecular formula is C21H18N2O5. The van der Waals surface area contributed by atoms with E-state index in [1.165, 1.54) is 11.7 Å². The zero-order valence-corrected chi connectivity index (χ0v) is 15.3. The molecule has 0 saturated heterocycles. The maximum Gasteiger partial charge on any atom is 0.267 e. The molecular weight excluding hydrogens is 360 g/mol. The van der Waals surface area contributed by atoms with Crippen LogP contribution in [0.25, 0.3) is 10.9 Å². The van der Waals surface area contributed by atoms with Crippen molar-refractivity contribution in [3.05, 3.63) is 57.9 Å². The molecule has 2 aliphatic heterocycles. The number of rotatable bonds is 2. The molecule has 1 aromatic heterocycles. The molecule has 2 aliphatic rings. The fourth-order valence-corrected chi connectivity index (χ4v) is 4.08. The second-order valence-corrected chi connectivity index (χ2v) is 6.89. The SMILES string of the molecule is COc1cc2c3c(c1)c(O)c(C(=O)N1CCc4ccccc41)c(=O)n3CCO2. The van der Waals surface area contributed by atoms with Crippen molar-refractivity contribution in [2.75, 3.05) is 25.2 Å². The quantitative estimate of drug-likeness (QED) is 0.740. The van der Waals surface area contributed by atoms with Gasteiger partial charge in [0.05, 0.1) is 19.2 Å². The van der Waals surface area contributed by atoms with Gasteiger partial charge in [0.2, 0.25) is 0 Å². The molecule has 5 rings (SSSR count). The average molecular weight is 378 g/mol. The summed E-state index contributed by atoms with van der Waals surface area (Å²) >= 11 is 0. The van der Waals surface area contributed by atoms with Crippen LogP contribution in [0.4, 0.5) is 5.69 Å². The minimum atomic E-state index is -0.505.